The molecule has 1 aromatic carbocycles. The smallest absolute Gasteiger partial charge is 0.196 e. The monoisotopic (exact) mass is 186 g/mol. The number of rotatable bonds is 1. The van der Waals surface area contributed by atoms with Gasteiger partial charge in [-0.1, -0.05) is 12.1 Å². The molecule has 0 fully saturated rings. The molecule has 0 aliphatic heterocycles. The Morgan fingerprint density at radius 2 is 1.79 bits per heavy atom. The lowest BCUT2D eigenvalue weighted by Gasteiger charge is -2.05. The molecule has 0 saturated heterocycles. The van der Waals surface area contributed by atoms with E-state index in [4.69, 9.17) is 0 Å². The maximum Gasteiger partial charge on any atom is 0.212 e. The van der Waals surface area contributed by atoms with Crippen LogP contribution in [-0.4, -0.2) is 0 Å². The van der Waals surface area contributed by atoms with Gasteiger partial charge in [0.25, 0.3) is 0 Å². The zero-order valence-corrected chi connectivity index (χ0v) is 8.99. The van der Waals surface area contributed by atoms with Crippen LogP contribution < -0.4 is 4.57 Å². The molecule has 1 nitrogen and oxygen atoms in total. The minimum absolute atomic E-state index is 0.514. The highest BCUT2D eigenvalue weighted by Gasteiger charge is 2.12. The van der Waals surface area contributed by atoms with Gasteiger partial charge in [0.2, 0.25) is 5.52 Å². The molecule has 0 aliphatic carbocycles. The van der Waals surface area contributed by atoms with E-state index in [1.165, 1.54) is 16.5 Å². The molecule has 0 atom stereocenters. The lowest BCUT2D eigenvalue weighted by molar-refractivity contribution is -0.691. The molecule has 0 amide bonds. The molecule has 14 heavy (non-hydrogen) atoms. The number of fused-ring (bicyclic) bond motifs is 1. The van der Waals surface area contributed by atoms with Crippen LogP contribution in [0.5, 0.6) is 0 Å². The van der Waals surface area contributed by atoms with E-state index in [-0.39, 0.29) is 0 Å². The van der Waals surface area contributed by atoms with Gasteiger partial charge in [0.15, 0.2) is 12.2 Å². The third-order valence-corrected chi connectivity index (χ3v) is 2.65. The molecule has 0 unspecified atom stereocenters. The van der Waals surface area contributed by atoms with E-state index >= 15 is 0 Å². The van der Waals surface area contributed by atoms with Gasteiger partial charge in [0.05, 0.1) is 0 Å². The summed E-state index contributed by atoms with van der Waals surface area (Å²) >= 11 is 0. The predicted octanol–water partition coefficient (Wildman–Crippen LogP) is 3.02. The van der Waals surface area contributed by atoms with Gasteiger partial charge in [-0.25, -0.2) is 0 Å². The van der Waals surface area contributed by atoms with Crippen LogP contribution in [0.3, 0.4) is 0 Å². The molecule has 0 N–H and O–H groups in total. The molecule has 1 heteroatoms. The molecule has 1 heterocycles. The van der Waals surface area contributed by atoms with Gasteiger partial charge >= 0.3 is 0 Å². The van der Waals surface area contributed by atoms with E-state index in [0.717, 1.165) is 0 Å². The van der Waals surface area contributed by atoms with Crippen LogP contribution in [0.1, 0.15) is 25.5 Å². The van der Waals surface area contributed by atoms with Crippen LogP contribution in [0.25, 0.3) is 10.9 Å². The number of pyridine rings is 1. The summed E-state index contributed by atoms with van der Waals surface area (Å²) in [6, 6.07) is 11.3. The zero-order valence-electron chi connectivity index (χ0n) is 8.99. The first kappa shape index (κ1) is 9.20. The number of aromatic nitrogens is 1. The van der Waals surface area contributed by atoms with E-state index in [2.05, 4.69) is 61.9 Å². The second-order valence-corrected chi connectivity index (χ2v) is 4.02. The number of nitrogens with zero attached hydrogens (tertiary/aromatic N) is 1. The molecule has 2 aromatic rings. The Hall–Kier alpha value is -1.37. The molecule has 0 bridgehead atoms. The van der Waals surface area contributed by atoms with Crippen molar-refractivity contribution in [2.45, 2.75) is 26.8 Å². The molecule has 0 saturated carbocycles. The highest BCUT2D eigenvalue weighted by atomic mass is 15.0. The fourth-order valence-corrected chi connectivity index (χ4v) is 1.84. The molecule has 1 aromatic heterocycles. The largest absolute Gasteiger partial charge is 0.212 e. The Labute approximate surface area is 85.0 Å². The quantitative estimate of drug-likeness (QED) is 0.603. The summed E-state index contributed by atoms with van der Waals surface area (Å²) in [6.07, 6.45) is 2.17. The Morgan fingerprint density at radius 1 is 1.07 bits per heavy atom. The summed E-state index contributed by atoms with van der Waals surface area (Å²) < 4.78 is 2.31. The number of hydrogen-bond donors (Lipinski definition) is 0. The van der Waals surface area contributed by atoms with Gasteiger partial charge in [0, 0.05) is 17.5 Å². The Bertz CT molecular complexity index is 458. The summed E-state index contributed by atoms with van der Waals surface area (Å²) in [5, 5.41) is 1.35. The van der Waals surface area contributed by atoms with E-state index in [9.17, 15) is 0 Å². The normalized spacial score (nSPS) is 11.1. The molecule has 0 aliphatic rings. The number of aryl methyl sites for hydroxylation is 1. The SMILES string of the molecule is Cc1cc[n+](C(C)C)c2ccccc12. The standard InChI is InChI=1S/C13H16N/c1-10(2)14-9-8-11(3)12-6-4-5-7-13(12)14/h4-10H,1-3H3/q+1. The Morgan fingerprint density at radius 3 is 2.50 bits per heavy atom. The lowest BCUT2D eigenvalue weighted by atomic mass is 10.1. The first-order valence-corrected chi connectivity index (χ1v) is 5.09. The van der Waals surface area contributed by atoms with Crippen LogP contribution in [0, 0.1) is 6.92 Å². The summed E-state index contributed by atoms with van der Waals surface area (Å²) in [5.74, 6) is 0. The summed E-state index contributed by atoms with van der Waals surface area (Å²) in [6.45, 7) is 6.58. The van der Waals surface area contributed by atoms with E-state index in [0.29, 0.717) is 6.04 Å². The Kier molecular flexibility index (Phi) is 2.24. The maximum atomic E-state index is 2.31. The first-order chi connectivity index (χ1) is 6.70. The van der Waals surface area contributed by atoms with Crippen molar-refractivity contribution in [3.63, 3.8) is 0 Å². The molecule has 72 valence electrons. The van der Waals surface area contributed by atoms with Crippen molar-refractivity contribution in [2.75, 3.05) is 0 Å². The topological polar surface area (TPSA) is 3.88 Å². The third-order valence-electron chi connectivity index (χ3n) is 2.65. The Balaban J connectivity index is 2.82. The predicted molar refractivity (Wildman–Crippen MR) is 59.3 cm³/mol. The highest BCUT2D eigenvalue weighted by molar-refractivity contribution is 5.78. The van der Waals surface area contributed by atoms with Gasteiger partial charge in [0.1, 0.15) is 0 Å². The number of benzene rings is 1. The summed E-state index contributed by atoms with van der Waals surface area (Å²) in [7, 11) is 0. The molecular formula is C13H16N+. The van der Waals surface area contributed by atoms with Crippen LogP contribution >= 0.6 is 0 Å². The number of para-hydroxylation sites is 1. The van der Waals surface area contributed by atoms with Crippen molar-refractivity contribution in [3.8, 4) is 0 Å². The summed E-state index contributed by atoms with van der Waals surface area (Å²) in [4.78, 5) is 0. The third kappa shape index (κ3) is 1.39. The van der Waals surface area contributed by atoms with Crippen molar-refractivity contribution < 1.29 is 4.57 Å². The van der Waals surface area contributed by atoms with Gasteiger partial charge in [-0.15, -0.1) is 0 Å². The molecule has 0 radical (unpaired) electrons. The minimum Gasteiger partial charge on any atom is -0.196 e. The second kappa shape index (κ2) is 3.41. The summed E-state index contributed by atoms with van der Waals surface area (Å²) in [5.41, 5.74) is 2.67. The molecule has 2 rings (SSSR count). The van der Waals surface area contributed by atoms with Crippen LogP contribution in [0.2, 0.25) is 0 Å². The fourth-order valence-electron chi connectivity index (χ4n) is 1.84. The van der Waals surface area contributed by atoms with Crippen molar-refractivity contribution in [1.82, 2.24) is 0 Å². The van der Waals surface area contributed by atoms with E-state index in [1.54, 1.807) is 0 Å². The van der Waals surface area contributed by atoms with Crippen molar-refractivity contribution in [3.05, 3.63) is 42.1 Å². The fraction of sp³-hybridized carbons (Fsp3) is 0.308. The zero-order chi connectivity index (χ0) is 10.1. The van der Waals surface area contributed by atoms with Gasteiger partial charge in [-0.3, -0.25) is 0 Å². The van der Waals surface area contributed by atoms with Crippen LogP contribution in [-0.2, 0) is 0 Å². The van der Waals surface area contributed by atoms with E-state index < -0.39 is 0 Å². The molecular weight excluding hydrogens is 170 g/mol. The highest BCUT2D eigenvalue weighted by Crippen LogP contribution is 2.14. The van der Waals surface area contributed by atoms with Gasteiger partial charge in [-0.2, -0.15) is 4.57 Å². The number of hydrogen-bond acceptors (Lipinski definition) is 0. The lowest BCUT2D eigenvalue weighted by Crippen LogP contribution is -2.36. The average Bonchev–Trinajstić information content (AvgIpc) is 2.18. The van der Waals surface area contributed by atoms with Gasteiger partial charge in [-0.05, 0) is 32.4 Å². The first-order valence-electron chi connectivity index (χ1n) is 5.09. The van der Waals surface area contributed by atoms with Crippen LogP contribution in [0.15, 0.2) is 36.5 Å². The van der Waals surface area contributed by atoms with Gasteiger partial charge < -0.3 is 0 Å². The van der Waals surface area contributed by atoms with E-state index in [1.807, 2.05) is 0 Å². The minimum atomic E-state index is 0.514. The van der Waals surface area contributed by atoms with Crippen molar-refractivity contribution in [1.29, 1.82) is 0 Å². The van der Waals surface area contributed by atoms with Crippen LogP contribution in [0.4, 0.5) is 0 Å². The average molecular weight is 186 g/mol. The second-order valence-electron chi connectivity index (χ2n) is 4.02. The maximum absolute atomic E-state index is 2.31. The van der Waals surface area contributed by atoms with Crippen molar-refractivity contribution in [2.24, 2.45) is 0 Å². The molecule has 0 spiro atoms. The van der Waals surface area contributed by atoms with Crippen molar-refractivity contribution >= 4 is 10.9 Å².